The van der Waals surface area contributed by atoms with E-state index < -0.39 is 6.03 Å². The molecule has 0 bridgehead atoms. The molecule has 0 unspecified atom stereocenters. The minimum absolute atomic E-state index is 0.115. The molecule has 9 nitrogen and oxygen atoms in total. The fourth-order valence-electron chi connectivity index (χ4n) is 5.91. The van der Waals surface area contributed by atoms with E-state index in [4.69, 9.17) is 0 Å². The van der Waals surface area contributed by atoms with E-state index in [0.29, 0.717) is 50.7 Å². The number of anilines is 2. The predicted octanol–water partition coefficient (Wildman–Crippen LogP) is 7.64. The fourth-order valence-corrected chi connectivity index (χ4v) is 5.91. The van der Waals surface area contributed by atoms with Crippen molar-refractivity contribution in [3.05, 3.63) is 104 Å². The monoisotopic (exact) mass is 628 g/mol. The normalized spacial score (nSPS) is 11.2. The van der Waals surface area contributed by atoms with Crippen molar-refractivity contribution in [3.8, 4) is 0 Å². The van der Waals surface area contributed by atoms with Gasteiger partial charge in [0.25, 0.3) is 0 Å². The van der Waals surface area contributed by atoms with Gasteiger partial charge in [-0.2, -0.15) is 0 Å². The molecule has 2 amide bonds. The van der Waals surface area contributed by atoms with E-state index in [9.17, 15) is 14.4 Å². The topological polar surface area (TPSA) is 95.0 Å². The maximum absolute atomic E-state index is 14.0. The van der Waals surface area contributed by atoms with Crippen molar-refractivity contribution in [1.82, 2.24) is 18.3 Å². The molecule has 0 aliphatic rings. The van der Waals surface area contributed by atoms with Crippen molar-refractivity contribution in [2.75, 3.05) is 10.6 Å². The molecular weight excluding hydrogens is 576 g/mol. The third-order valence-electron chi connectivity index (χ3n) is 8.50. The Morgan fingerprint density at radius 2 is 0.913 bits per heavy atom. The van der Waals surface area contributed by atoms with Gasteiger partial charge in [-0.25, -0.2) is 14.4 Å². The first kappa shape index (κ1) is 34.6. The highest BCUT2D eigenvalue weighted by Crippen LogP contribution is 2.23. The number of hydrogen-bond acceptors (Lipinski definition) is 3. The Kier molecular flexibility index (Phi) is 13.1. The van der Waals surface area contributed by atoms with Crippen molar-refractivity contribution in [1.29, 1.82) is 0 Å². The minimum atomic E-state index is -0.445. The fraction of sp³-hybridized carbons (Fsp3) is 0.486. The van der Waals surface area contributed by atoms with Crippen LogP contribution in [0.3, 0.4) is 0 Å². The highest BCUT2D eigenvalue weighted by molar-refractivity contribution is 5.99. The lowest BCUT2D eigenvalue weighted by molar-refractivity contribution is 0.261. The summed E-state index contributed by atoms with van der Waals surface area (Å²) in [5.41, 5.74) is 3.50. The average Bonchev–Trinajstić information content (AvgIpc) is 3.44. The molecule has 4 aromatic rings. The Labute approximate surface area is 273 Å². The Hall–Kier alpha value is -4.27. The molecule has 0 aliphatic carbocycles. The Balaban J connectivity index is 1.76. The van der Waals surface area contributed by atoms with Gasteiger partial charge in [0.05, 0.1) is 24.5 Å². The van der Waals surface area contributed by atoms with E-state index in [1.807, 2.05) is 69.8 Å². The standard InChI is InChI=1S/C37H52N6O3/c1-5-9-23-31-33(40(25-11-7-3)36(45)42(31)27-29-19-15-13-16-20-29)38-35(44)39-34-32(24-10-6-2)43(28-30-21-17-14-18-22-30)37(46)41(34)26-12-8-4/h13-22H,5-12,23-28H2,1-4H3,(H2,38,39,44). The Bertz CT molecular complexity index is 1520. The summed E-state index contributed by atoms with van der Waals surface area (Å²) in [5.74, 6) is 1.09. The van der Waals surface area contributed by atoms with E-state index in [0.717, 1.165) is 73.9 Å². The first-order valence-corrected chi connectivity index (χ1v) is 17.2. The summed E-state index contributed by atoms with van der Waals surface area (Å²) in [6, 6.07) is 19.5. The van der Waals surface area contributed by atoms with Crippen LogP contribution in [0.1, 0.15) is 102 Å². The minimum Gasteiger partial charge on any atom is -0.292 e. The van der Waals surface area contributed by atoms with Gasteiger partial charge in [-0.3, -0.25) is 28.9 Å². The first-order valence-electron chi connectivity index (χ1n) is 17.2. The molecule has 0 atom stereocenters. The quantitative estimate of drug-likeness (QED) is 0.119. The van der Waals surface area contributed by atoms with Crippen LogP contribution in [0.2, 0.25) is 0 Å². The number of benzene rings is 2. The number of rotatable bonds is 18. The molecule has 4 rings (SSSR count). The number of unbranched alkanes of at least 4 members (excludes halogenated alkanes) is 4. The molecule has 0 radical (unpaired) electrons. The molecule has 2 heterocycles. The number of hydrogen-bond donors (Lipinski definition) is 2. The summed E-state index contributed by atoms with van der Waals surface area (Å²) in [6.07, 6.45) is 8.53. The molecule has 2 N–H and O–H groups in total. The summed E-state index contributed by atoms with van der Waals surface area (Å²) in [6.45, 7) is 10.4. The van der Waals surface area contributed by atoms with Crippen molar-refractivity contribution in [2.24, 2.45) is 0 Å². The summed E-state index contributed by atoms with van der Waals surface area (Å²) in [4.78, 5) is 41.8. The third kappa shape index (κ3) is 8.50. The van der Waals surface area contributed by atoms with Crippen molar-refractivity contribution < 1.29 is 4.79 Å². The van der Waals surface area contributed by atoms with E-state index in [2.05, 4.69) is 38.3 Å². The largest absolute Gasteiger partial charge is 0.330 e. The third-order valence-corrected chi connectivity index (χ3v) is 8.50. The number of imidazole rings is 2. The molecule has 9 heteroatoms. The van der Waals surface area contributed by atoms with Crippen LogP contribution in [-0.4, -0.2) is 24.3 Å². The van der Waals surface area contributed by atoms with Crippen LogP contribution in [0, 0.1) is 0 Å². The van der Waals surface area contributed by atoms with E-state index >= 15 is 0 Å². The van der Waals surface area contributed by atoms with Gasteiger partial charge in [-0.15, -0.1) is 0 Å². The lowest BCUT2D eigenvalue weighted by atomic mass is 10.1. The van der Waals surface area contributed by atoms with Crippen LogP contribution >= 0.6 is 0 Å². The molecule has 2 aromatic heterocycles. The molecule has 46 heavy (non-hydrogen) atoms. The number of urea groups is 1. The number of amides is 2. The lowest BCUT2D eigenvalue weighted by Gasteiger charge is -2.15. The maximum Gasteiger partial charge on any atom is 0.330 e. The second-order valence-corrected chi connectivity index (χ2v) is 12.1. The van der Waals surface area contributed by atoms with Gasteiger partial charge >= 0.3 is 17.4 Å². The van der Waals surface area contributed by atoms with Gasteiger partial charge in [0.1, 0.15) is 11.6 Å². The lowest BCUT2D eigenvalue weighted by Crippen LogP contribution is -2.29. The van der Waals surface area contributed by atoms with E-state index in [1.165, 1.54) is 0 Å². The Morgan fingerprint density at radius 3 is 1.26 bits per heavy atom. The zero-order valence-corrected chi connectivity index (χ0v) is 28.2. The second-order valence-electron chi connectivity index (χ2n) is 12.1. The number of aromatic nitrogens is 4. The summed E-state index contributed by atoms with van der Waals surface area (Å²) < 4.78 is 7.08. The van der Waals surface area contributed by atoms with E-state index in [1.54, 1.807) is 9.13 Å². The SMILES string of the molecule is CCCCc1c(NC(=O)Nc2c(CCCC)n(Cc3ccccc3)c(=O)n2CCCC)n(CCCC)c(=O)n1Cc1ccccc1. The van der Waals surface area contributed by atoms with Crippen LogP contribution < -0.4 is 22.0 Å². The second kappa shape index (κ2) is 17.4. The molecule has 0 spiro atoms. The molecule has 0 aliphatic heterocycles. The average molecular weight is 629 g/mol. The highest BCUT2D eigenvalue weighted by atomic mass is 16.2. The maximum atomic E-state index is 14.0. The van der Waals surface area contributed by atoms with Crippen molar-refractivity contribution in [3.63, 3.8) is 0 Å². The molecule has 2 aromatic carbocycles. The van der Waals surface area contributed by atoms with Crippen LogP contribution in [0.5, 0.6) is 0 Å². The van der Waals surface area contributed by atoms with Gasteiger partial charge in [0.2, 0.25) is 0 Å². The van der Waals surface area contributed by atoms with Crippen LogP contribution in [0.25, 0.3) is 0 Å². The van der Waals surface area contributed by atoms with E-state index in [-0.39, 0.29) is 11.4 Å². The van der Waals surface area contributed by atoms with Crippen LogP contribution in [0.4, 0.5) is 16.4 Å². The van der Waals surface area contributed by atoms with Crippen molar-refractivity contribution >= 4 is 17.7 Å². The summed E-state index contributed by atoms with van der Waals surface area (Å²) in [7, 11) is 0. The number of nitrogens with zero attached hydrogens (tertiary/aromatic N) is 4. The molecule has 0 saturated carbocycles. The number of carbonyl (C=O) groups is 1. The predicted molar refractivity (Wildman–Crippen MR) is 188 cm³/mol. The summed E-state index contributed by atoms with van der Waals surface area (Å²) >= 11 is 0. The molecule has 0 saturated heterocycles. The van der Waals surface area contributed by atoms with Crippen molar-refractivity contribution in [2.45, 2.75) is 118 Å². The van der Waals surface area contributed by atoms with Gasteiger partial charge in [0.15, 0.2) is 0 Å². The number of nitrogens with one attached hydrogen (secondary N) is 2. The smallest absolute Gasteiger partial charge is 0.292 e. The van der Waals surface area contributed by atoms with Crippen LogP contribution in [0.15, 0.2) is 70.3 Å². The van der Waals surface area contributed by atoms with Gasteiger partial charge in [-0.1, -0.05) is 114 Å². The first-order chi connectivity index (χ1) is 22.4. The zero-order valence-electron chi connectivity index (χ0n) is 28.2. The summed E-state index contributed by atoms with van der Waals surface area (Å²) in [5, 5.41) is 6.21. The van der Waals surface area contributed by atoms with Gasteiger partial charge in [-0.05, 0) is 49.7 Å². The van der Waals surface area contributed by atoms with Gasteiger partial charge in [0, 0.05) is 13.1 Å². The number of carbonyl (C=O) groups excluding carboxylic acids is 1. The van der Waals surface area contributed by atoms with Gasteiger partial charge < -0.3 is 0 Å². The van der Waals surface area contributed by atoms with Crippen LogP contribution in [-0.2, 0) is 39.0 Å². The molecular formula is C37H52N6O3. The molecule has 0 fully saturated rings. The molecule has 248 valence electrons. The Morgan fingerprint density at radius 1 is 0.543 bits per heavy atom. The zero-order chi connectivity index (χ0) is 32.9. The highest BCUT2D eigenvalue weighted by Gasteiger charge is 2.25.